The van der Waals surface area contributed by atoms with E-state index in [0.29, 0.717) is 17.3 Å². The van der Waals surface area contributed by atoms with Crippen molar-refractivity contribution in [3.63, 3.8) is 0 Å². The van der Waals surface area contributed by atoms with E-state index in [0.717, 1.165) is 5.56 Å². The zero-order chi connectivity index (χ0) is 13.8. The molecule has 3 N–H and O–H groups in total. The summed E-state index contributed by atoms with van der Waals surface area (Å²) in [6.45, 7) is 0.387. The van der Waals surface area contributed by atoms with E-state index in [1.807, 2.05) is 6.07 Å². The molecule has 2 aromatic rings. The lowest BCUT2D eigenvalue weighted by Gasteiger charge is -2.10. The Morgan fingerprint density at radius 2 is 2.00 bits per heavy atom. The maximum atomic E-state index is 11.1. The summed E-state index contributed by atoms with van der Waals surface area (Å²) in [4.78, 5) is 11.1. The van der Waals surface area contributed by atoms with Gasteiger partial charge in [-0.1, -0.05) is 23.7 Å². The smallest absolute Gasteiger partial charge is 0.339 e. The van der Waals surface area contributed by atoms with Gasteiger partial charge in [0.15, 0.2) is 0 Å². The van der Waals surface area contributed by atoms with E-state index >= 15 is 0 Å². The van der Waals surface area contributed by atoms with Crippen molar-refractivity contribution in [2.24, 2.45) is 5.73 Å². The van der Waals surface area contributed by atoms with Crippen LogP contribution in [0.1, 0.15) is 15.9 Å². The van der Waals surface area contributed by atoms with Crippen LogP contribution in [0, 0.1) is 0 Å². The minimum absolute atomic E-state index is 0. The first-order chi connectivity index (χ1) is 9.10. The van der Waals surface area contributed by atoms with Crippen LogP contribution in [-0.4, -0.2) is 11.1 Å². The van der Waals surface area contributed by atoms with Gasteiger partial charge in [-0.3, -0.25) is 0 Å². The predicted molar refractivity (Wildman–Crippen MR) is 80.1 cm³/mol. The molecule has 0 heterocycles. The second-order valence-electron chi connectivity index (χ2n) is 3.90. The Balaban J connectivity index is 0.00000200. The van der Waals surface area contributed by atoms with Crippen LogP contribution in [0.5, 0.6) is 11.5 Å². The summed E-state index contributed by atoms with van der Waals surface area (Å²) < 4.78 is 5.57. The molecule has 0 bridgehead atoms. The van der Waals surface area contributed by atoms with Crippen molar-refractivity contribution in [2.75, 3.05) is 0 Å². The summed E-state index contributed by atoms with van der Waals surface area (Å²) in [5.41, 5.74) is 6.50. The lowest BCUT2D eigenvalue weighted by atomic mass is 10.2. The van der Waals surface area contributed by atoms with Crippen LogP contribution in [0.4, 0.5) is 0 Å². The Kier molecular flexibility index (Phi) is 5.82. The first-order valence-electron chi connectivity index (χ1n) is 5.60. The highest BCUT2D eigenvalue weighted by molar-refractivity contribution is 6.30. The van der Waals surface area contributed by atoms with Gasteiger partial charge in [-0.2, -0.15) is 0 Å². The number of carbonyl (C=O) groups is 1. The van der Waals surface area contributed by atoms with Gasteiger partial charge in [0.05, 0.1) is 0 Å². The molecule has 0 aliphatic heterocycles. The lowest BCUT2D eigenvalue weighted by Crippen LogP contribution is -2.00. The Morgan fingerprint density at radius 3 is 2.65 bits per heavy atom. The number of carboxylic acids is 1. The summed E-state index contributed by atoms with van der Waals surface area (Å²) >= 11 is 5.85. The third-order valence-electron chi connectivity index (χ3n) is 2.54. The van der Waals surface area contributed by atoms with E-state index in [1.54, 1.807) is 18.2 Å². The van der Waals surface area contributed by atoms with Gasteiger partial charge in [-0.15, -0.1) is 12.4 Å². The molecule has 0 saturated carbocycles. The molecule has 106 valence electrons. The monoisotopic (exact) mass is 313 g/mol. The SMILES string of the molecule is Cl.NCc1cccc(Oc2cc(Cl)ccc2C(=O)O)c1. The van der Waals surface area contributed by atoms with E-state index in [1.165, 1.54) is 18.2 Å². The number of hydrogen-bond donors (Lipinski definition) is 2. The van der Waals surface area contributed by atoms with Gasteiger partial charge in [0.1, 0.15) is 17.1 Å². The highest BCUT2D eigenvalue weighted by Crippen LogP contribution is 2.28. The lowest BCUT2D eigenvalue weighted by molar-refractivity contribution is 0.0694. The molecule has 0 aliphatic carbocycles. The fourth-order valence-electron chi connectivity index (χ4n) is 1.62. The van der Waals surface area contributed by atoms with E-state index in [-0.39, 0.29) is 23.7 Å². The number of rotatable bonds is 4. The number of aromatic carboxylic acids is 1. The number of ether oxygens (including phenoxy) is 1. The number of halogens is 2. The Labute approximate surface area is 127 Å². The molecule has 0 aromatic heterocycles. The van der Waals surface area contributed by atoms with Crippen LogP contribution in [0.15, 0.2) is 42.5 Å². The van der Waals surface area contributed by atoms with Crippen molar-refractivity contribution in [2.45, 2.75) is 6.54 Å². The molecule has 0 radical (unpaired) electrons. The van der Waals surface area contributed by atoms with Gasteiger partial charge >= 0.3 is 5.97 Å². The normalized spacial score (nSPS) is 9.70. The third kappa shape index (κ3) is 3.87. The van der Waals surface area contributed by atoms with E-state index in [4.69, 9.17) is 27.2 Å². The number of carboxylic acid groups (broad SMARTS) is 1. The summed E-state index contributed by atoms with van der Waals surface area (Å²) in [5, 5.41) is 9.50. The largest absolute Gasteiger partial charge is 0.478 e. The topological polar surface area (TPSA) is 72.5 Å². The third-order valence-corrected chi connectivity index (χ3v) is 2.77. The molecule has 0 aliphatic rings. The van der Waals surface area contributed by atoms with Gasteiger partial charge in [0.2, 0.25) is 0 Å². The fraction of sp³-hybridized carbons (Fsp3) is 0.0714. The van der Waals surface area contributed by atoms with Crippen molar-refractivity contribution in [3.05, 3.63) is 58.6 Å². The molecule has 0 amide bonds. The molecule has 6 heteroatoms. The Morgan fingerprint density at radius 1 is 1.25 bits per heavy atom. The van der Waals surface area contributed by atoms with Crippen LogP contribution in [0.3, 0.4) is 0 Å². The van der Waals surface area contributed by atoms with Gasteiger partial charge in [0.25, 0.3) is 0 Å². The summed E-state index contributed by atoms with van der Waals surface area (Å²) in [6, 6.07) is 11.5. The van der Waals surface area contributed by atoms with E-state index < -0.39 is 5.97 Å². The second kappa shape index (κ2) is 7.14. The Hall–Kier alpha value is -1.75. The summed E-state index contributed by atoms with van der Waals surface area (Å²) in [5.74, 6) is -0.344. The van der Waals surface area contributed by atoms with Crippen molar-refractivity contribution in [3.8, 4) is 11.5 Å². The van der Waals surface area contributed by atoms with Crippen LogP contribution in [0.25, 0.3) is 0 Å². The zero-order valence-electron chi connectivity index (χ0n) is 10.4. The highest BCUT2D eigenvalue weighted by atomic mass is 35.5. The molecule has 20 heavy (non-hydrogen) atoms. The quantitative estimate of drug-likeness (QED) is 0.902. The highest BCUT2D eigenvalue weighted by Gasteiger charge is 2.12. The maximum Gasteiger partial charge on any atom is 0.339 e. The van der Waals surface area contributed by atoms with Gasteiger partial charge < -0.3 is 15.6 Å². The maximum absolute atomic E-state index is 11.1. The predicted octanol–water partition coefficient (Wildman–Crippen LogP) is 3.71. The molecule has 4 nitrogen and oxygen atoms in total. The van der Waals surface area contributed by atoms with Crippen molar-refractivity contribution >= 4 is 30.0 Å². The van der Waals surface area contributed by atoms with Gasteiger partial charge in [0, 0.05) is 17.6 Å². The zero-order valence-corrected chi connectivity index (χ0v) is 11.9. The first kappa shape index (κ1) is 16.3. The molecule has 0 saturated heterocycles. The average Bonchev–Trinajstić information content (AvgIpc) is 2.38. The minimum atomic E-state index is -1.07. The molecule has 2 rings (SSSR count). The average molecular weight is 314 g/mol. The molecular formula is C14H13Cl2NO3. The molecule has 0 unspecified atom stereocenters. The Bertz CT molecular complexity index is 617. The van der Waals surface area contributed by atoms with Crippen molar-refractivity contribution in [1.29, 1.82) is 0 Å². The van der Waals surface area contributed by atoms with Gasteiger partial charge in [-0.05, 0) is 29.8 Å². The molecule has 0 spiro atoms. The summed E-state index contributed by atoms with van der Waals surface area (Å²) in [6.07, 6.45) is 0. The van der Waals surface area contributed by atoms with Crippen LogP contribution in [0.2, 0.25) is 5.02 Å². The van der Waals surface area contributed by atoms with E-state index in [2.05, 4.69) is 0 Å². The molecule has 0 atom stereocenters. The van der Waals surface area contributed by atoms with Crippen LogP contribution < -0.4 is 10.5 Å². The first-order valence-corrected chi connectivity index (χ1v) is 5.97. The van der Waals surface area contributed by atoms with Gasteiger partial charge in [-0.25, -0.2) is 4.79 Å². The van der Waals surface area contributed by atoms with E-state index in [9.17, 15) is 4.79 Å². The summed E-state index contributed by atoms with van der Waals surface area (Å²) in [7, 11) is 0. The molecule has 2 aromatic carbocycles. The minimum Gasteiger partial charge on any atom is -0.478 e. The van der Waals surface area contributed by atoms with Crippen molar-refractivity contribution in [1.82, 2.24) is 0 Å². The molecule has 0 fully saturated rings. The molecular weight excluding hydrogens is 301 g/mol. The number of hydrogen-bond acceptors (Lipinski definition) is 3. The fourth-order valence-corrected chi connectivity index (χ4v) is 1.78. The van der Waals surface area contributed by atoms with Crippen LogP contribution in [-0.2, 0) is 6.54 Å². The number of benzene rings is 2. The van der Waals surface area contributed by atoms with Crippen molar-refractivity contribution < 1.29 is 14.6 Å². The second-order valence-corrected chi connectivity index (χ2v) is 4.34. The van der Waals surface area contributed by atoms with Crippen LogP contribution >= 0.6 is 24.0 Å². The standard InChI is InChI=1S/C14H12ClNO3.ClH/c15-10-4-5-12(14(17)18)13(7-10)19-11-3-1-2-9(6-11)8-16;/h1-7H,8,16H2,(H,17,18);1H. The number of nitrogens with two attached hydrogens (primary N) is 1.